The minimum Gasteiger partial charge on any atom is -0.492 e. The normalized spacial score (nSPS) is 37.3. The van der Waals surface area contributed by atoms with Crippen molar-refractivity contribution in [3.63, 3.8) is 0 Å². The maximum Gasteiger partial charge on any atom is 0.108 e. The molecule has 0 aromatic heterocycles. The van der Waals surface area contributed by atoms with Gasteiger partial charge in [-0.25, -0.2) is 0 Å². The van der Waals surface area contributed by atoms with E-state index in [4.69, 9.17) is 4.74 Å². The summed E-state index contributed by atoms with van der Waals surface area (Å²) >= 11 is 0. The van der Waals surface area contributed by atoms with Crippen LogP contribution < -0.4 is 0 Å². The zero-order valence-corrected chi connectivity index (χ0v) is 18.9. The van der Waals surface area contributed by atoms with Crippen molar-refractivity contribution in [1.82, 2.24) is 0 Å². The van der Waals surface area contributed by atoms with Gasteiger partial charge in [-0.1, -0.05) is 66.9 Å². The van der Waals surface area contributed by atoms with Crippen LogP contribution in [0.25, 0.3) is 0 Å². The first-order chi connectivity index (χ1) is 13.1. The third-order valence-corrected chi connectivity index (χ3v) is 9.12. The number of ether oxygens (including phenoxy) is 1. The lowest BCUT2D eigenvalue weighted by Crippen LogP contribution is -2.40. The van der Waals surface area contributed by atoms with Gasteiger partial charge in [-0.15, -0.1) is 0 Å². The van der Waals surface area contributed by atoms with Gasteiger partial charge >= 0.3 is 0 Å². The first kappa shape index (κ1) is 21.3. The molecule has 0 saturated heterocycles. The summed E-state index contributed by atoms with van der Waals surface area (Å²) in [5.41, 5.74) is 0.117. The molecule has 0 aromatic rings. The Morgan fingerprint density at radius 1 is 1.00 bits per heavy atom. The average molecular weight is 375 g/mol. The molecule has 0 aromatic carbocycles. The minimum atomic E-state index is 0.117. The SMILES string of the molecule is C=C(OC1(CC)CCCC1)C1C2CC(C1CCC)C(C(CC)CC)C2CC. The summed E-state index contributed by atoms with van der Waals surface area (Å²) in [6.45, 7) is 16.6. The Labute approximate surface area is 169 Å². The summed E-state index contributed by atoms with van der Waals surface area (Å²) in [5, 5.41) is 0. The van der Waals surface area contributed by atoms with Crippen molar-refractivity contribution in [3.05, 3.63) is 12.3 Å². The van der Waals surface area contributed by atoms with E-state index in [1.807, 2.05) is 0 Å². The molecule has 1 heteroatoms. The van der Waals surface area contributed by atoms with Gasteiger partial charge in [-0.3, -0.25) is 0 Å². The van der Waals surface area contributed by atoms with Crippen molar-refractivity contribution in [2.24, 2.45) is 41.4 Å². The van der Waals surface area contributed by atoms with Gasteiger partial charge < -0.3 is 4.74 Å². The molecule has 1 nitrogen and oxygen atoms in total. The fourth-order valence-corrected chi connectivity index (χ4v) is 7.91. The summed E-state index contributed by atoms with van der Waals surface area (Å²) in [5.74, 6) is 7.20. The maximum absolute atomic E-state index is 6.81. The first-order valence-corrected chi connectivity index (χ1v) is 12.4. The van der Waals surface area contributed by atoms with Gasteiger partial charge in [0.05, 0.1) is 5.76 Å². The standard InChI is InChI=1S/C26H46O/c1-7-14-21-23-17-22(20(10-4)25(23)19(8-2)9-3)24(21)18(6)27-26(11-5)15-12-13-16-26/h19-25H,6-17H2,1-5H3. The molecule has 3 fully saturated rings. The molecule has 0 spiro atoms. The highest BCUT2D eigenvalue weighted by Crippen LogP contribution is 2.64. The smallest absolute Gasteiger partial charge is 0.108 e. The van der Waals surface area contributed by atoms with Crippen LogP contribution in [0.3, 0.4) is 0 Å². The molecule has 6 atom stereocenters. The van der Waals surface area contributed by atoms with Gasteiger partial charge in [0.1, 0.15) is 5.60 Å². The van der Waals surface area contributed by atoms with E-state index in [-0.39, 0.29) is 5.60 Å². The van der Waals surface area contributed by atoms with E-state index in [1.165, 1.54) is 70.0 Å². The van der Waals surface area contributed by atoms with Crippen molar-refractivity contribution in [3.8, 4) is 0 Å². The summed E-state index contributed by atoms with van der Waals surface area (Å²) in [4.78, 5) is 0. The van der Waals surface area contributed by atoms with Gasteiger partial charge in [0.25, 0.3) is 0 Å². The molecule has 0 amide bonds. The second-order valence-electron chi connectivity index (χ2n) is 10.1. The molecule has 3 saturated carbocycles. The number of hydrogen-bond donors (Lipinski definition) is 0. The van der Waals surface area contributed by atoms with Gasteiger partial charge in [0.2, 0.25) is 0 Å². The Morgan fingerprint density at radius 2 is 1.67 bits per heavy atom. The summed E-state index contributed by atoms with van der Waals surface area (Å²) in [7, 11) is 0. The van der Waals surface area contributed by atoms with Crippen LogP contribution in [-0.2, 0) is 4.74 Å². The number of hydrogen-bond acceptors (Lipinski definition) is 1. The molecular weight excluding hydrogens is 328 g/mol. The first-order valence-electron chi connectivity index (χ1n) is 12.4. The highest BCUT2D eigenvalue weighted by atomic mass is 16.5. The second kappa shape index (κ2) is 8.91. The fraction of sp³-hybridized carbons (Fsp3) is 0.923. The van der Waals surface area contributed by atoms with Crippen LogP contribution in [0, 0.1) is 41.4 Å². The molecule has 0 heterocycles. The largest absolute Gasteiger partial charge is 0.492 e. The van der Waals surface area contributed by atoms with Crippen molar-refractivity contribution in [2.75, 3.05) is 0 Å². The summed E-state index contributed by atoms with van der Waals surface area (Å²) < 4.78 is 6.81. The van der Waals surface area contributed by atoms with Crippen LogP contribution in [0.4, 0.5) is 0 Å². The monoisotopic (exact) mass is 374 g/mol. The van der Waals surface area contributed by atoms with Crippen LogP contribution in [0.5, 0.6) is 0 Å². The number of fused-ring (bicyclic) bond motifs is 2. The zero-order chi connectivity index (χ0) is 19.6. The number of rotatable bonds is 10. The molecule has 2 bridgehead atoms. The Balaban J connectivity index is 1.82. The predicted octanol–water partition coefficient (Wildman–Crippen LogP) is 8.00. The van der Waals surface area contributed by atoms with E-state index in [9.17, 15) is 0 Å². The molecule has 3 aliphatic rings. The molecule has 156 valence electrons. The molecule has 27 heavy (non-hydrogen) atoms. The van der Waals surface area contributed by atoms with Crippen molar-refractivity contribution in [1.29, 1.82) is 0 Å². The predicted molar refractivity (Wildman–Crippen MR) is 117 cm³/mol. The quantitative estimate of drug-likeness (QED) is 0.352. The highest BCUT2D eigenvalue weighted by molar-refractivity contribution is 5.14. The molecule has 0 radical (unpaired) electrons. The average Bonchev–Trinajstić information content (AvgIpc) is 3.37. The van der Waals surface area contributed by atoms with Crippen LogP contribution in [0.2, 0.25) is 0 Å². The van der Waals surface area contributed by atoms with E-state index in [2.05, 4.69) is 41.2 Å². The van der Waals surface area contributed by atoms with E-state index < -0.39 is 0 Å². The van der Waals surface area contributed by atoms with Crippen LogP contribution in [0.1, 0.15) is 105 Å². The van der Waals surface area contributed by atoms with Crippen LogP contribution in [-0.4, -0.2) is 5.60 Å². The van der Waals surface area contributed by atoms with Crippen molar-refractivity contribution in [2.45, 2.75) is 111 Å². The van der Waals surface area contributed by atoms with Gasteiger partial charge in [0, 0.05) is 5.92 Å². The highest BCUT2D eigenvalue weighted by Gasteiger charge is 2.59. The third-order valence-electron chi connectivity index (χ3n) is 9.12. The molecule has 0 aliphatic heterocycles. The molecule has 3 aliphatic carbocycles. The Bertz CT molecular complexity index is 482. The van der Waals surface area contributed by atoms with E-state index in [0.29, 0.717) is 5.92 Å². The van der Waals surface area contributed by atoms with Crippen LogP contribution in [0.15, 0.2) is 12.3 Å². The lowest BCUT2D eigenvalue weighted by molar-refractivity contribution is -0.0386. The lowest BCUT2D eigenvalue weighted by Gasteiger charge is -2.45. The van der Waals surface area contributed by atoms with E-state index in [1.54, 1.807) is 0 Å². The second-order valence-corrected chi connectivity index (χ2v) is 10.1. The molecule has 3 rings (SSSR count). The Morgan fingerprint density at radius 3 is 2.19 bits per heavy atom. The molecular formula is C26H46O. The zero-order valence-electron chi connectivity index (χ0n) is 18.9. The van der Waals surface area contributed by atoms with E-state index in [0.717, 1.165) is 41.9 Å². The maximum atomic E-state index is 6.81. The molecule has 6 unspecified atom stereocenters. The third kappa shape index (κ3) is 3.74. The van der Waals surface area contributed by atoms with Crippen molar-refractivity contribution < 1.29 is 4.74 Å². The summed E-state index contributed by atoms with van der Waals surface area (Å²) in [6.07, 6.45) is 14.5. The lowest BCUT2D eigenvalue weighted by atomic mass is 9.61. The minimum absolute atomic E-state index is 0.117. The van der Waals surface area contributed by atoms with Gasteiger partial charge in [-0.2, -0.15) is 0 Å². The van der Waals surface area contributed by atoms with Gasteiger partial charge in [0.15, 0.2) is 0 Å². The topological polar surface area (TPSA) is 9.23 Å². The Kier molecular flexibility index (Phi) is 7.02. The van der Waals surface area contributed by atoms with Crippen LogP contribution >= 0.6 is 0 Å². The Hall–Kier alpha value is -0.460. The van der Waals surface area contributed by atoms with Crippen molar-refractivity contribution >= 4 is 0 Å². The fourth-order valence-electron chi connectivity index (χ4n) is 7.91. The number of allylic oxidation sites excluding steroid dienone is 1. The molecule has 0 N–H and O–H groups in total. The van der Waals surface area contributed by atoms with Gasteiger partial charge in [-0.05, 0) is 80.5 Å². The summed E-state index contributed by atoms with van der Waals surface area (Å²) in [6, 6.07) is 0. The van der Waals surface area contributed by atoms with E-state index >= 15 is 0 Å².